The lowest BCUT2D eigenvalue weighted by atomic mass is 9.76. The van der Waals surface area contributed by atoms with E-state index in [-0.39, 0.29) is 11.3 Å². The summed E-state index contributed by atoms with van der Waals surface area (Å²) in [4.78, 5) is 20.1. The zero-order valence-electron chi connectivity index (χ0n) is 14.8. The number of anilines is 1. The lowest BCUT2D eigenvalue weighted by molar-refractivity contribution is 0.102. The Morgan fingerprint density at radius 1 is 1.31 bits per heavy atom. The van der Waals surface area contributed by atoms with Crippen molar-refractivity contribution in [3.05, 3.63) is 65.6 Å². The van der Waals surface area contributed by atoms with Gasteiger partial charge < -0.3 is 15.7 Å². The molecule has 0 spiro atoms. The van der Waals surface area contributed by atoms with Gasteiger partial charge in [-0.15, -0.1) is 0 Å². The molecule has 0 atom stereocenters. The van der Waals surface area contributed by atoms with E-state index in [1.807, 2.05) is 24.3 Å². The minimum atomic E-state index is -0.156. The minimum absolute atomic E-state index is 0.0492. The first-order chi connectivity index (χ1) is 12.5. The van der Waals surface area contributed by atoms with Crippen LogP contribution in [0.25, 0.3) is 16.6 Å². The molecule has 6 nitrogen and oxygen atoms in total. The average molecular weight is 347 g/mol. The first kappa shape index (κ1) is 16.4. The van der Waals surface area contributed by atoms with Gasteiger partial charge in [0.25, 0.3) is 5.91 Å². The number of hydrazine groups is 1. The van der Waals surface area contributed by atoms with E-state index in [0.29, 0.717) is 11.3 Å². The molecule has 5 N–H and O–H groups in total. The van der Waals surface area contributed by atoms with Crippen molar-refractivity contribution >= 4 is 28.2 Å². The lowest BCUT2D eigenvalue weighted by Crippen LogP contribution is -2.28. The second-order valence-corrected chi connectivity index (χ2v) is 7.18. The number of aromatic amines is 1. The summed E-state index contributed by atoms with van der Waals surface area (Å²) in [6.07, 6.45) is 6.28. The number of nitrogens with zero attached hydrogens (tertiary/aromatic N) is 1. The van der Waals surface area contributed by atoms with E-state index in [0.717, 1.165) is 28.7 Å². The number of fused-ring (bicyclic) bond motifs is 3. The van der Waals surface area contributed by atoms with Crippen molar-refractivity contribution in [2.45, 2.75) is 25.7 Å². The Morgan fingerprint density at radius 2 is 2.15 bits per heavy atom. The first-order valence-electron chi connectivity index (χ1n) is 8.54. The molecule has 6 heteroatoms. The SMILES string of the molecule is CC1(C)CC=C(NN)c2[nH]c3ccc(C(=O)Nc4cccnc4)cc3c21. The maximum atomic E-state index is 12.6. The molecule has 1 aromatic carbocycles. The number of hydrogen-bond acceptors (Lipinski definition) is 4. The van der Waals surface area contributed by atoms with Crippen molar-refractivity contribution in [1.82, 2.24) is 15.4 Å². The maximum absolute atomic E-state index is 12.6. The van der Waals surface area contributed by atoms with E-state index >= 15 is 0 Å². The number of nitrogens with one attached hydrogen (secondary N) is 3. The molecule has 0 aliphatic heterocycles. The summed E-state index contributed by atoms with van der Waals surface area (Å²) in [7, 11) is 0. The summed E-state index contributed by atoms with van der Waals surface area (Å²) in [6, 6.07) is 9.31. The monoisotopic (exact) mass is 347 g/mol. The standard InChI is InChI=1S/C20H21N5O/c1-20(2)8-7-16(25-21)18-17(20)14-10-12(5-6-15(14)24-18)19(26)23-13-4-3-9-22-11-13/h3-7,9-11,24-25H,8,21H2,1-2H3,(H,23,26). The van der Waals surface area contributed by atoms with Crippen LogP contribution >= 0.6 is 0 Å². The summed E-state index contributed by atoms with van der Waals surface area (Å²) in [5.41, 5.74) is 8.05. The van der Waals surface area contributed by atoms with Gasteiger partial charge in [0.1, 0.15) is 0 Å². The van der Waals surface area contributed by atoms with Crippen LogP contribution in [0.15, 0.2) is 48.8 Å². The van der Waals surface area contributed by atoms with Crippen molar-refractivity contribution < 1.29 is 4.79 Å². The summed E-state index contributed by atoms with van der Waals surface area (Å²) < 4.78 is 0. The second kappa shape index (κ2) is 6.00. The number of pyridine rings is 1. The normalized spacial score (nSPS) is 15.3. The molecule has 0 unspecified atom stereocenters. The fourth-order valence-corrected chi connectivity index (χ4v) is 3.57. The van der Waals surface area contributed by atoms with Gasteiger partial charge in [-0.1, -0.05) is 19.9 Å². The molecule has 1 aliphatic rings. The molecule has 2 heterocycles. The molecule has 1 aliphatic carbocycles. The molecule has 0 fully saturated rings. The Kier molecular flexibility index (Phi) is 3.77. The quantitative estimate of drug-likeness (QED) is 0.432. The van der Waals surface area contributed by atoms with Crippen molar-refractivity contribution in [3.8, 4) is 0 Å². The van der Waals surface area contributed by atoms with Gasteiger partial charge in [0.05, 0.1) is 23.3 Å². The summed E-state index contributed by atoms with van der Waals surface area (Å²) >= 11 is 0. The number of carbonyl (C=O) groups is 1. The molecule has 1 amide bonds. The van der Waals surface area contributed by atoms with Gasteiger partial charge in [0.15, 0.2) is 0 Å². The number of H-pyrrole nitrogens is 1. The third kappa shape index (κ3) is 2.64. The Bertz CT molecular complexity index is 1020. The number of benzene rings is 1. The van der Waals surface area contributed by atoms with Crippen LogP contribution in [-0.2, 0) is 5.41 Å². The van der Waals surface area contributed by atoms with Crippen LogP contribution in [0.1, 0.15) is 41.9 Å². The summed E-state index contributed by atoms with van der Waals surface area (Å²) in [5.74, 6) is 5.53. The van der Waals surface area contributed by atoms with Gasteiger partial charge in [-0.25, -0.2) is 0 Å². The van der Waals surface area contributed by atoms with E-state index in [1.54, 1.807) is 18.5 Å². The molecule has 0 saturated carbocycles. The summed E-state index contributed by atoms with van der Waals surface area (Å²) in [5, 5.41) is 3.93. The van der Waals surface area contributed by atoms with Gasteiger partial charge >= 0.3 is 0 Å². The molecule has 2 aromatic heterocycles. The maximum Gasteiger partial charge on any atom is 0.255 e. The van der Waals surface area contributed by atoms with Crippen LogP contribution < -0.4 is 16.6 Å². The third-order valence-electron chi connectivity index (χ3n) is 4.90. The van der Waals surface area contributed by atoms with Crippen LogP contribution in [0.5, 0.6) is 0 Å². The fraction of sp³-hybridized carbons (Fsp3) is 0.200. The molecule has 0 bridgehead atoms. The number of rotatable bonds is 3. The number of nitrogens with two attached hydrogens (primary N) is 1. The molecule has 4 rings (SSSR count). The summed E-state index contributed by atoms with van der Waals surface area (Å²) in [6.45, 7) is 4.40. The highest BCUT2D eigenvalue weighted by atomic mass is 16.1. The fourth-order valence-electron chi connectivity index (χ4n) is 3.57. The molecule has 132 valence electrons. The van der Waals surface area contributed by atoms with E-state index < -0.39 is 0 Å². The Morgan fingerprint density at radius 3 is 2.88 bits per heavy atom. The zero-order valence-corrected chi connectivity index (χ0v) is 14.8. The Labute approximate surface area is 151 Å². The number of hydrogen-bond donors (Lipinski definition) is 4. The van der Waals surface area contributed by atoms with Crippen LogP contribution in [0.4, 0.5) is 5.69 Å². The van der Waals surface area contributed by atoms with Gasteiger partial charge in [-0.05, 0) is 47.7 Å². The first-order valence-corrected chi connectivity index (χ1v) is 8.54. The molecule has 3 aromatic rings. The number of carbonyl (C=O) groups excluding carboxylic acids is 1. The van der Waals surface area contributed by atoms with Crippen LogP contribution in [0.3, 0.4) is 0 Å². The van der Waals surface area contributed by atoms with E-state index in [4.69, 9.17) is 5.84 Å². The second-order valence-electron chi connectivity index (χ2n) is 7.18. The van der Waals surface area contributed by atoms with Crippen molar-refractivity contribution in [2.75, 3.05) is 5.32 Å². The minimum Gasteiger partial charge on any atom is -0.353 e. The smallest absolute Gasteiger partial charge is 0.255 e. The average Bonchev–Trinajstić information content (AvgIpc) is 3.02. The van der Waals surface area contributed by atoms with Crippen LogP contribution in [-0.4, -0.2) is 15.9 Å². The largest absolute Gasteiger partial charge is 0.353 e. The van der Waals surface area contributed by atoms with Crippen molar-refractivity contribution in [2.24, 2.45) is 5.84 Å². The third-order valence-corrected chi connectivity index (χ3v) is 4.90. The van der Waals surface area contributed by atoms with Gasteiger partial charge in [0, 0.05) is 22.7 Å². The molecular weight excluding hydrogens is 326 g/mol. The van der Waals surface area contributed by atoms with E-state index in [2.05, 4.69) is 40.6 Å². The zero-order chi connectivity index (χ0) is 18.3. The molecule has 26 heavy (non-hydrogen) atoms. The molecule has 0 radical (unpaired) electrons. The highest BCUT2D eigenvalue weighted by Gasteiger charge is 2.32. The van der Waals surface area contributed by atoms with Gasteiger partial charge in [-0.3, -0.25) is 15.6 Å². The predicted octanol–water partition coefficient (Wildman–Crippen LogP) is 3.30. The van der Waals surface area contributed by atoms with Gasteiger partial charge in [-0.2, -0.15) is 0 Å². The highest BCUT2D eigenvalue weighted by molar-refractivity contribution is 6.07. The Hall–Kier alpha value is -3.12. The molecular formula is C20H21N5O. The highest BCUT2D eigenvalue weighted by Crippen LogP contribution is 2.42. The van der Waals surface area contributed by atoms with Crippen LogP contribution in [0, 0.1) is 0 Å². The van der Waals surface area contributed by atoms with Crippen molar-refractivity contribution in [3.63, 3.8) is 0 Å². The topological polar surface area (TPSA) is 95.8 Å². The van der Waals surface area contributed by atoms with E-state index in [1.165, 1.54) is 5.56 Å². The molecule has 0 saturated heterocycles. The van der Waals surface area contributed by atoms with Crippen LogP contribution in [0.2, 0.25) is 0 Å². The number of allylic oxidation sites excluding steroid dienone is 1. The lowest BCUT2D eigenvalue weighted by Gasteiger charge is -2.29. The van der Waals surface area contributed by atoms with Gasteiger partial charge in [0.2, 0.25) is 0 Å². The van der Waals surface area contributed by atoms with E-state index in [9.17, 15) is 4.79 Å². The Balaban J connectivity index is 1.78. The predicted molar refractivity (Wildman–Crippen MR) is 103 cm³/mol. The number of aromatic nitrogens is 2. The number of amides is 1. The van der Waals surface area contributed by atoms with Crippen molar-refractivity contribution in [1.29, 1.82) is 0 Å².